The lowest BCUT2D eigenvalue weighted by molar-refractivity contribution is -0.143. The van der Waals surface area contributed by atoms with Gasteiger partial charge in [0.05, 0.1) is 23.3 Å². The van der Waals surface area contributed by atoms with Crippen molar-refractivity contribution in [3.63, 3.8) is 0 Å². The average molecular weight is 580 g/mol. The van der Waals surface area contributed by atoms with Crippen LogP contribution in [0.25, 0.3) is 0 Å². The van der Waals surface area contributed by atoms with Crippen molar-refractivity contribution < 1.29 is 19.4 Å². The zero-order chi connectivity index (χ0) is 25.3. The number of nitrogens with one attached hydrogen (secondary N) is 1. The summed E-state index contributed by atoms with van der Waals surface area (Å²) in [6.45, 7) is 5.39. The van der Waals surface area contributed by atoms with Crippen LogP contribution >= 0.6 is 39.3 Å². The number of fused-ring (bicyclic) bond motifs is 1. The maximum Gasteiger partial charge on any atom is 0.338 e. The molecule has 3 aromatic rings. The van der Waals surface area contributed by atoms with E-state index in [1.54, 1.807) is 37.6 Å². The van der Waals surface area contributed by atoms with Crippen molar-refractivity contribution in [3.8, 4) is 11.5 Å². The predicted molar refractivity (Wildman–Crippen MR) is 139 cm³/mol. The summed E-state index contributed by atoms with van der Waals surface area (Å²) in [5.41, 5.74) is 2.63. The topological polar surface area (TPSA) is 98.5 Å². The van der Waals surface area contributed by atoms with E-state index in [-0.39, 0.29) is 17.6 Å². The van der Waals surface area contributed by atoms with Gasteiger partial charge in [0.1, 0.15) is 6.04 Å². The fourth-order valence-corrected chi connectivity index (χ4v) is 5.28. The molecule has 184 valence electrons. The molecular formula is C24H24BrClN4O4S. The summed E-state index contributed by atoms with van der Waals surface area (Å²) in [6, 6.07) is 10.4. The molecule has 2 N–H and O–H groups in total. The summed E-state index contributed by atoms with van der Waals surface area (Å²) in [4.78, 5) is 17.8. The highest BCUT2D eigenvalue weighted by atomic mass is 79.9. The van der Waals surface area contributed by atoms with Gasteiger partial charge in [-0.3, -0.25) is 0 Å². The molecular weight excluding hydrogens is 556 g/mol. The third-order valence-electron chi connectivity index (χ3n) is 5.30. The molecule has 2 aromatic carbocycles. The van der Waals surface area contributed by atoms with E-state index in [1.165, 1.54) is 18.9 Å². The van der Waals surface area contributed by atoms with Crippen LogP contribution in [0.3, 0.4) is 0 Å². The smallest absolute Gasteiger partial charge is 0.338 e. The summed E-state index contributed by atoms with van der Waals surface area (Å²) in [5, 5.41) is 19.4. The minimum absolute atomic E-state index is 0.0352. The van der Waals surface area contributed by atoms with Crippen molar-refractivity contribution in [2.75, 3.05) is 12.4 Å². The third kappa shape index (κ3) is 5.29. The van der Waals surface area contributed by atoms with Crippen molar-refractivity contribution in [2.24, 2.45) is 0 Å². The lowest BCUT2D eigenvalue weighted by Crippen LogP contribution is -2.30. The van der Waals surface area contributed by atoms with Gasteiger partial charge in [-0.15, -0.1) is 5.10 Å². The third-order valence-corrected chi connectivity index (χ3v) is 7.16. The number of hydrogen-bond acceptors (Lipinski definition) is 8. The highest BCUT2D eigenvalue weighted by Crippen LogP contribution is 2.42. The number of methoxy groups -OCH3 is 1. The Kier molecular flexibility index (Phi) is 7.63. The van der Waals surface area contributed by atoms with Crippen molar-refractivity contribution in [1.29, 1.82) is 0 Å². The summed E-state index contributed by atoms with van der Waals surface area (Å²) < 4.78 is 13.0. The number of aromatic hydroxyl groups is 1. The molecule has 2 heterocycles. The van der Waals surface area contributed by atoms with E-state index in [2.05, 4.69) is 26.2 Å². The molecule has 0 saturated carbocycles. The number of hydrogen-bond donors (Lipinski definition) is 2. The molecule has 1 aromatic heterocycles. The molecule has 0 spiro atoms. The van der Waals surface area contributed by atoms with Crippen LogP contribution in [0.2, 0.25) is 5.02 Å². The fourth-order valence-electron chi connectivity index (χ4n) is 3.71. The number of rotatable bonds is 7. The number of carbonyl (C=O) groups excluding carboxylic acids is 1. The molecule has 0 amide bonds. The minimum Gasteiger partial charge on any atom is -0.503 e. The van der Waals surface area contributed by atoms with Crippen LogP contribution < -0.4 is 10.1 Å². The number of carbonyl (C=O) groups is 1. The summed E-state index contributed by atoms with van der Waals surface area (Å²) in [5.74, 6) is 0.827. The number of benzene rings is 2. The van der Waals surface area contributed by atoms with Crippen molar-refractivity contribution in [3.05, 3.63) is 68.3 Å². The van der Waals surface area contributed by atoms with Crippen LogP contribution in [0.1, 0.15) is 37.9 Å². The molecule has 11 heteroatoms. The van der Waals surface area contributed by atoms with Gasteiger partial charge in [-0.25, -0.2) is 9.48 Å². The molecule has 0 radical (unpaired) electrons. The molecule has 0 bridgehead atoms. The Morgan fingerprint density at radius 2 is 2.09 bits per heavy atom. The van der Waals surface area contributed by atoms with Crippen LogP contribution in [-0.2, 0) is 15.3 Å². The number of anilines is 1. The molecule has 1 aliphatic rings. The van der Waals surface area contributed by atoms with Crippen LogP contribution in [-0.4, -0.2) is 39.1 Å². The van der Waals surface area contributed by atoms with Gasteiger partial charge in [0.25, 0.3) is 0 Å². The number of aromatic nitrogens is 3. The average Bonchev–Trinajstić information content (AvgIpc) is 3.21. The fraction of sp³-hybridized carbons (Fsp3) is 0.292. The monoisotopic (exact) mass is 578 g/mol. The van der Waals surface area contributed by atoms with Gasteiger partial charge in [0.15, 0.2) is 11.5 Å². The van der Waals surface area contributed by atoms with E-state index >= 15 is 0 Å². The number of allylic oxidation sites excluding steroid dienone is 1. The SMILES string of the molecule is COc1cc(C2C(C(=O)OC(C)C)=C(C)Nc3nc(SCc4ccccc4Cl)nn32)cc(Br)c1O. The maximum absolute atomic E-state index is 13.2. The predicted octanol–water partition coefficient (Wildman–Crippen LogP) is 5.94. The molecule has 1 aliphatic heterocycles. The largest absolute Gasteiger partial charge is 0.503 e. The highest BCUT2D eigenvalue weighted by Gasteiger charge is 2.36. The van der Waals surface area contributed by atoms with E-state index in [1.807, 2.05) is 24.3 Å². The van der Waals surface area contributed by atoms with Gasteiger partial charge in [0.2, 0.25) is 11.1 Å². The Hall–Kier alpha value is -2.69. The Morgan fingerprint density at radius 3 is 2.77 bits per heavy atom. The van der Waals surface area contributed by atoms with Gasteiger partial charge < -0.3 is 19.9 Å². The van der Waals surface area contributed by atoms with Crippen molar-refractivity contribution in [2.45, 2.75) is 43.8 Å². The molecule has 0 aliphatic carbocycles. The second kappa shape index (κ2) is 10.5. The molecule has 0 saturated heterocycles. The number of halogens is 2. The maximum atomic E-state index is 13.2. The Labute approximate surface area is 220 Å². The van der Waals surface area contributed by atoms with E-state index in [0.717, 1.165) is 5.56 Å². The first-order valence-corrected chi connectivity index (χ1v) is 12.9. The van der Waals surface area contributed by atoms with Crippen LogP contribution in [0.4, 0.5) is 5.95 Å². The van der Waals surface area contributed by atoms with Crippen LogP contribution in [0.5, 0.6) is 11.5 Å². The lowest BCUT2D eigenvalue weighted by atomic mass is 9.95. The quantitative estimate of drug-likeness (QED) is 0.262. The number of esters is 1. The first kappa shape index (κ1) is 25.4. The number of phenols is 1. The molecule has 4 rings (SSSR count). The van der Waals surface area contributed by atoms with Gasteiger partial charge in [-0.2, -0.15) is 4.98 Å². The Balaban J connectivity index is 1.77. The highest BCUT2D eigenvalue weighted by molar-refractivity contribution is 9.10. The van der Waals surface area contributed by atoms with Gasteiger partial charge in [-0.05, 0) is 66.0 Å². The van der Waals surface area contributed by atoms with E-state index in [0.29, 0.717) is 43.2 Å². The Morgan fingerprint density at radius 1 is 1.34 bits per heavy atom. The number of ether oxygens (including phenoxy) is 2. The normalized spacial score (nSPS) is 15.1. The van der Waals surface area contributed by atoms with E-state index in [9.17, 15) is 9.90 Å². The number of thioether (sulfide) groups is 1. The molecule has 35 heavy (non-hydrogen) atoms. The zero-order valence-corrected chi connectivity index (χ0v) is 22.7. The van der Waals surface area contributed by atoms with Gasteiger partial charge in [0, 0.05) is 16.5 Å². The van der Waals surface area contributed by atoms with E-state index < -0.39 is 12.0 Å². The zero-order valence-electron chi connectivity index (χ0n) is 19.5. The van der Waals surface area contributed by atoms with Gasteiger partial charge >= 0.3 is 5.97 Å². The van der Waals surface area contributed by atoms with Gasteiger partial charge in [-0.1, -0.05) is 41.6 Å². The summed E-state index contributed by atoms with van der Waals surface area (Å²) >= 11 is 11.1. The first-order chi connectivity index (χ1) is 16.7. The second-order valence-corrected chi connectivity index (χ2v) is 10.3. The minimum atomic E-state index is -0.662. The van der Waals surface area contributed by atoms with Crippen LogP contribution in [0, 0.1) is 0 Å². The number of nitrogens with zero attached hydrogens (tertiary/aromatic N) is 3. The van der Waals surface area contributed by atoms with E-state index in [4.69, 9.17) is 26.2 Å². The molecule has 8 nitrogen and oxygen atoms in total. The summed E-state index contributed by atoms with van der Waals surface area (Å²) in [6.07, 6.45) is -0.302. The van der Waals surface area contributed by atoms with Crippen LogP contribution in [0.15, 0.2) is 57.3 Å². The first-order valence-electron chi connectivity index (χ1n) is 10.8. The summed E-state index contributed by atoms with van der Waals surface area (Å²) in [7, 11) is 1.47. The van der Waals surface area contributed by atoms with Crippen molar-refractivity contribution in [1.82, 2.24) is 14.8 Å². The molecule has 0 fully saturated rings. The van der Waals surface area contributed by atoms with Crippen molar-refractivity contribution >= 4 is 51.2 Å². The number of phenolic OH excluding ortho intramolecular Hbond substituents is 1. The lowest BCUT2D eigenvalue weighted by Gasteiger charge is -2.29. The second-order valence-electron chi connectivity index (χ2n) is 8.12. The Bertz CT molecular complexity index is 1310. The molecule has 1 unspecified atom stereocenters. The molecule has 1 atom stereocenters. The standard InChI is InChI=1S/C24H24BrClN4O4S/c1-12(2)34-22(32)19-13(3)27-23-28-24(35-11-14-7-5-6-8-17(14)26)29-30(23)20(19)15-9-16(25)21(31)18(10-15)33-4/h5-10,12,20,31H,11H2,1-4H3,(H,27,28,29).